The van der Waals surface area contributed by atoms with E-state index in [9.17, 15) is 4.79 Å². The van der Waals surface area contributed by atoms with Crippen LogP contribution in [0.1, 0.15) is 24.2 Å². The second kappa shape index (κ2) is 19.4. The summed E-state index contributed by atoms with van der Waals surface area (Å²) in [5.74, 6) is 0.505. The number of hydrogen-bond donors (Lipinski definition) is 5. The molecule has 4 N–H and O–H groups in total. The zero-order valence-electron chi connectivity index (χ0n) is 19.7. The molecule has 1 aromatic rings. The Morgan fingerprint density at radius 2 is 2.06 bits per heavy atom. The fourth-order valence-electron chi connectivity index (χ4n) is 2.36. The van der Waals surface area contributed by atoms with Crippen LogP contribution in [-0.4, -0.2) is 56.0 Å². The lowest BCUT2D eigenvalue weighted by Crippen LogP contribution is -2.25. The molecule has 1 amide bonds. The number of carbonyl (C=O) groups is 1. The van der Waals surface area contributed by atoms with E-state index in [-0.39, 0.29) is 5.91 Å². The molecule has 0 aliphatic heterocycles. The Kier molecular flexibility index (Phi) is 17.5. The van der Waals surface area contributed by atoms with Crippen LogP contribution in [-0.2, 0) is 4.89 Å². The van der Waals surface area contributed by atoms with Crippen molar-refractivity contribution >= 4 is 41.8 Å². The maximum absolute atomic E-state index is 12.0. The Morgan fingerprint density at radius 1 is 1.30 bits per heavy atom. The predicted octanol–water partition coefficient (Wildman–Crippen LogP) is 4.60. The van der Waals surface area contributed by atoms with E-state index in [1.54, 1.807) is 38.4 Å². The summed E-state index contributed by atoms with van der Waals surface area (Å²) < 4.78 is 0. The summed E-state index contributed by atoms with van der Waals surface area (Å²) in [4.78, 5) is 23.7. The van der Waals surface area contributed by atoms with E-state index in [0.29, 0.717) is 24.4 Å². The molecule has 180 valence electrons. The summed E-state index contributed by atoms with van der Waals surface area (Å²) in [7, 11) is 3.51. The lowest BCUT2D eigenvalue weighted by Gasteiger charge is -2.13. The van der Waals surface area contributed by atoms with Crippen molar-refractivity contribution in [3.63, 3.8) is 0 Å². The average Bonchev–Trinajstić information content (AvgIpc) is 2.82. The van der Waals surface area contributed by atoms with E-state index in [4.69, 9.17) is 5.26 Å². The number of benzene rings is 1. The van der Waals surface area contributed by atoms with Crippen LogP contribution in [0.2, 0.25) is 0 Å². The van der Waals surface area contributed by atoms with Gasteiger partial charge in [0.1, 0.15) is 6.26 Å². The van der Waals surface area contributed by atoms with Gasteiger partial charge in [-0.15, -0.1) is 0 Å². The molecule has 1 aromatic carbocycles. The Labute approximate surface area is 202 Å². The van der Waals surface area contributed by atoms with E-state index in [0.717, 1.165) is 22.7 Å². The molecule has 0 fully saturated rings. The first-order valence-electron chi connectivity index (χ1n) is 10.3. The Bertz CT molecular complexity index is 877. The largest absolute Gasteiger partial charge is 0.386 e. The van der Waals surface area contributed by atoms with Crippen LogP contribution < -0.4 is 16.0 Å². The minimum absolute atomic E-state index is 0.107. The van der Waals surface area contributed by atoms with Crippen molar-refractivity contribution in [2.75, 3.05) is 43.6 Å². The van der Waals surface area contributed by atoms with Crippen LogP contribution in [0.25, 0.3) is 0 Å². The van der Waals surface area contributed by atoms with Crippen LogP contribution >= 0.6 is 12.6 Å². The first kappa shape index (κ1) is 29.7. The van der Waals surface area contributed by atoms with Gasteiger partial charge in [0.2, 0.25) is 0 Å². The molecule has 0 aliphatic carbocycles. The number of anilines is 2. The van der Waals surface area contributed by atoms with Crippen LogP contribution in [0, 0.1) is 0 Å². The number of nitrogens with one attached hydrogen (secondary N) is 3. The highest BCUT2D eigenvalue weighted by Crippen LogP contribution is 2.22. The summed E-state index contributed by atoms with van der Waals surface area (Å²) in [6, 6.07) is 5.48. The first-order valence-corrected chi connectivity index (χ1v) is 10.9. The maximum Gasteiger partial charge on any atom is 0.251 e. The third-order valence-corrected chi connectivity index (χ3v) is 4.08. The van der Waals surface area contributed by atoms with Crippen LogP contribution in [0.15, 0.2) is 77.1 Å². The van der Waals surface area contributed by atoms with Crippen molar-refractivity contribution in [3.05, 3.63) is 72.7 Å². The van der Waals surface area contributed by atoms with E-state index < -0.39 is 0 Å². The number of aliphatic imine (C=N–C) groups is 2. The van der Waals surface area contributed by atoms with Crippen molar-refractivity contribution in [1.82, 2.24) is 5.32 Å². The molecule has 0 radical (unpaired) electrons. The van der Waals surface area contributed by atoms with E-state index in [2.05, 4.69) is 50.0 Å². The molecule has 0 saturated heterocycles. The van der Waals surface area contributed by atoms with Crippen molar-refractivity contribution in [2.24, 2.45) is 9.98 Å². The number of rotatable bonds is 12. The average molecular weight is 474 g/mol. The van der Waals surface area contributed by atoms with Gasteiger partial charge in [0.05, 0.1) is 23.6 Å². The standard InChI is InChI=1S/C17H24N4OS.C7H11NO2/c1-4-6-14(19-5-2)12-21-15-8-7-13(11-16(15)18-3)17(22)20-9-10-23;1-7(6-10-9)4-3-5-8-2/h4-8,11,18,21,23H,2,9-10,12H2,1,3H3,(H,20,22);3-6,9H,1-2H3/b6-4-,19-14?;4-3-,7-6+,8-5?. The lowest BCUT2D eigenvalue weighted by atomic mass is 10.1. The van der Waals surface area contributed by atoms with Gasteiger partial charge in [-0.2, -0.15) is 12.6 Å². The van der Waals surface area contributed by atoms with Crippen molar-refractivity contribution in [1.29, 1.82) is 0 Å². The molecule has 1 rings (SSSR count). The normalized spacial score (nSPS) is 11.9. The minimum Gasteiger partial charge on any atom is -0.386 e. The second-order valence-electron chi connectivity index (χ2n) is 6.38. The van der Waals surface area contributed by atoms with Gasteiger partial charge in [0, 0.05) is 44.4 Å². The quantitative estimate of drug-likeness (QED) is 0.0762. The second-order valence-corrected chi connectivity index (χ2v) is 6.83. The number of allylic oxidation sites excluding steroid dienone is 4. The Morgan fingerprint density at radius 3 is 2.64 bits per heavy atom. The van der Waals surface area contributed by atoms with E-state index in [1.165, 1.54) is 12.5 Å². The zero-order valence-corrected chi connectivity index (χ0v) is 20.6. The van der Waals surface area contributed by atoms with Crippen molar-refractivity contribution in [2.45, 2.75) is 13.8 Å². The number of nitrogens with zero attached hydrogens (tertiary/aromatic N) is 2. The molecular weight excluding hydrogens is 438 g/mol. The third-order valence-electron chi connectivity index (χ3n) is 3.86. The first-order chi connectivity index (χ1) is 16.0. The number of hydrogen-bond acceptors (Lipinski definition) is 8. The van der Waals surface area contributed by atoms with Crippen LogP contribution in [0.5, 0.6) is 0 Å². The van der Waals surface area contributed by atoms with Gasteiger partial charge < -0.3 is 20.8 Å². The highest BCUT2D eigenvalue weighted by atomic mass is 32.1. The Hall–Kier alpha value is -3.30. The number of thiol groups is 1. The van der Waals surface area contributed by atoms with Gasteiger partial charge in [-0.1, -0.05) is 18.7 Å². The molecule has 9 heteroatoms. The SMILES string of the molecule is C=CN=C(/C=C\C)CNc1ccc(C(=O)NCCS)cc1NC.CN=C/C=C\C(C)=C\OO. The van der Waals surface area contributed by atoms with Gasteiger partial charge in [0.15, 0.2) is 0 Å². The minimum atomic E-state index is -0.107. The van der Waals surface area contributed by atoms with Gasteiger partial charge in [0.25, 0.3) is 5.91 Å². The van der Waals surface area contributed by atoms with Crippen molar-refractivity contribution in [3.8, 4) is 0 Å². The number of amides is 1. The van der Waals surface area contributed by atoms with Crippen molar-refractivity contribution < 1.29 is 14.9 Å². The molecule has 0 unspecified atom stereocenters. The molecular formula is C24H35N5O3S. The smallest absolute Gasteiger partial charge is 0.251 e. The van der Waals surface area contributed by atoms with Crippen LogP contribution in [0.3, 0.4) is 0 Å². The summed E-state index contributed by atoms with van der Waals surface area (Å²) in [6.07, 6.45) is 11.8. The zero-order chi connectivity index (χ0) is 24.9. The Balaban J connectivity index is 0.000000861. The summed E-state index contributed by atoms with van der Waals surface area (Å²) >= 11 is 4.08. The van der Waals surface area contributed by atoms with Gasteiger partial charge >= 0.3 is 0 Å². The summed E-state index contributed by atoms with van der Waals surface area (Å²) in [6.45, 7) is 8.47. The summed E-state index contributed by atoms with van der Waals surface area (Å²) in [5.41, 5.74) is 4.05. The van der Waals surface area contributed by atoms with Gasteiger partial charge in [-0.3, -0.25) is 14.8 Å². The monoisotopic (exact) mass is 473 g/mol. The fraction of sp³-hybridized carbons (Fsp3) is 0.292. The highest BCUT2D eigenvalue weighted by molar-refractivity contribution is 7.80. The molecule has 0 spiro atoms. The topological polar surface area (TPSA) is 107 Å². The fourth-order valence-corrected chi connectivity index (χ4v) is 2.48. The lowest BCUT2D eigenvalue weighted by molar-refractivity contribution is -0.187. The third kappa shape index (κ3) is 13.7. The van der Waals surface area contributed by atoms with Gasteiger partial charge in [-0.25, -0.2) is 5.26 Å². The molecule has 0 saturated carbocycles. The maximum atomic E-state index is 12.0. The highest BCUT2D eigenvalue weighted by Gasteiger charge is 2.09. The predicted molar refractivity (Wildman–Crippen MR) is 144 cm³/mol. The molecule has 0 aromatic heterocycles. The molecule has 0 atom stereocenters. The van der Waals surface area contributed by atoms with E-state index in [1.807, 2.05) is 38.3 Å². The molecule has 0 aliphatic rings. The molecule has 0 heterocycles. The molecule has 0 bridgehead atoms. The molecule has 8 nitrogen and oxygen atoms in total. The number of carbonyl (C=O) groups excluding carboxylic acids is 1. The van der Waals surface area contributed by atoms with Gasteiger partial charge in [-0.05, 0) is 49.8 Å². The van der Waals surface area contributed by atoms with E-state index >= 15 is 0 Å². The summed E-state index contributed by atoms with van der Waals surface area (Å²) in [5, 5.41) is 17.2. The molecule has 33 heavy (non-hydrogen) atoms. The van der Waals surface area contributed by atoms with Crippen LogP contribution in [0.4, 0.5) is 11.4 Å².